The number of benzene rings is 1. The van der Waals surface area contributed by atoms with Gasteiger partial charge >= 0.3 is 0 Å². The van der Waals surface area contributed by atoms with Gasteiger partial charge in [-0.2, -0.15) is 0 Å². The van der Waals surface area contributed by atoms with Crippen LogP contribution in [-0.2, 0) is 4.79 Å². The van der Waals surface area contributed by atoms with Gasteiger partial charge in [-0.05, 0) is 35.9 Å². The van der Waals surface area contributed by atoms with E-state index in [2.05, 4.69) is 15.3 Å². The van der Waals surface area contributed by atoms with Crippen LogP contribution in [0, 0.1) is 0 Å². The summed E-state index contributed by atoms with van der Waals surface area (Å²) in [6.07, 6.45) is 3.22. The first-order valence-corrected chi connectivity index (χ1v) is 9.93. The number of carbonyl (C=O) groups is 2. The van der Waals surface area contributed by atoms with Crippen LogP contribution in [0.15, 0.2) is 54.9 Å². The first-order valence-electron chi connectivity index (χ1n) is 9.26. The molecule has 0 saturated heterocycles. The van der Waals surface area contributed by atoms with E-state index < -0.39 is 5.91 Å². The zero-order valence-electron chi connectivity index (χ0n) is 16.7. The molecule has 1 aliphatic heterocycles. The normalized spacial score (nSPS) is 12.7. The fourth-order valence-corrected chi connectivity index (χ4v) is 3.35. The monoisotopic (exact) mass is 439 g/mol. The number of carbonyl (C=O) groups excluding carboxylic acids is 2. The van der Waals surface area contributed by atoms with Gasteiger partial charge < -0.3 is 15.0 Å². The Bertz CT molecular complexity index is 1120. The Morgan fingerprint density at radius 2 is 1.87 bits per heavy atom. The summed E-state index contributed by atoms with van der Waals surface area (Å²) in [7, 11) is 3.42. The summed E-state index contributed by atoms with van der Waals surface area (Å²) in [5.41, 5.74) is 3.19. The Labute approximate surface area is 182 Å². The Morgan fingerprint density at radius 1 is 1.13 bits per heavy atom. The number of ether oxygens (including phenoxy) is 1. The highest BCUT2D eigenvalue weighted by Gasteiger charge is 2.28. The van der Waals surface area contributed by atoms with Gasteiger partial charge in [-0.25, -0.2) is 14.3 Å². The second-order valence-electron chi connectivity index (χ2n) is 6.93. The van der Waals surface area contributed by atoms with Crippen molar-refractivity contribution in [2.75, 3.05) is 30.3 Å². The maximum absolute atomic E-state index is 13.2. The van der Waals surface area contributed by atoms with Crippen molar-refractivity contribution in [1.82, 2.24) is 14.9 Å². The molecule has 2 aromatic heterocycles. The summed E-state index contributed by atoms with van der Waals surface area (Å²) in [5.74, 6) is 0.182. The van der Waals surface area contributed by atoms with Crippen LogP contribution in [0.2, 0.25) is 0 Å². The standard InChI is InChI=1S/C21H18FN5O3S/c1-26(2)21(29)14-5-3-13(4-6-14)15-7-8-18(23-10-15)25-16-9-17-20(24-11-16)30-12-19(28)27(17)31-22/h3-11H,12H2,1-2H3,(H,23,25). The number of hydrogen-bond acceptors (Lipinski definition) is 7. The van der Waals surface area contributed by atoms with E-state index in [4.69, 9.17) is 4.74 Å². The smallest absolute Gasteiger partial charge is 0.277 e. The van der Waals surface area contributed by atoms with E-state index in [1.807, 2.05) is 18.2 Å². The van der Waals surface area contributed by atoms with Crippen molar-refractivity contribution < 1.29 is 18.2 Å². The predicted octanol–water partition coefficient (Wildman–Crippen LogP) is 3.85. The minimum Gasteiger partial charge on any atom is -0.466 e. The minimum absolute atomic E-state index is 0.0558. The van der Waals surface area contributed by atoms with Crippen molar-refractivity contribution in [3.05, 3.63) is 60.4 Å². The molecule has 31 heavy (non-hydrogen) atoms. The molecule has 0 unspecified atom stereocenters. The number of halogens is 1. The second kappa shape index (κ2) is 8.60. The van der Waals surface area contributed by atoms with Crippen molar-refractivity contribution >= 4 is 41.3 Å². The highest BCUT2D eigenvalue weighted by Crippen LogP contribution is 2.37. The average molecular weight is 439 g/mol. The lowest BCUT2D eigenvalue weighted by Gasteiger charge is -2.24. The zero-order valence-corrected chi connectivity index (χ0v) is 17.5. The number of hydrogen-bond donors (Lipinski definition) is 1. The summed E-state index contributed by atoms with van der Waals surface area (Å²) in [5, 5.41) is 3.08. The lowest BCUT2D eigenvalue weighted by atomic mass is 10.1. The molecule has 3 aromatic rings. The minimum atomic E-state index is -0.500. The van der Waals surface area contributed by atoms with Crippen LogP contribution in [0.4, 0.5) is 21.1 Å². The van der Waals surface area contributed by atoms with Crippen LogP contribution in [-0.4, -0.2) is 47.4 Å². The second-order valence-corrected chi connectivity index (χ2v) is 7.43. The van der Waals surface area contributed by atoms with Crippen molar-refractivity contribution in [3.63, 3.8) is 0 Å². The summed E-state index contributed by atoms with van der Waals surface area (Å²) in [6.45, 7) is -0.253. The number of pyridine rings is 2. The first kappa shape index (κ1) is 20.6. The summed E-state index contributed by atoms with van der Waals surface area (Å²) in [4.78, 5) is 33.8. The fraction of sp³-hybridized carbons (Fsp3) is 0.143. The molecule has 1 aromatic carbocycles. The van der Waals surface area contributed by atoms with Gasteiger partial charge in [-0.1, -0.05) is 12.1 Å². The third-order valence-electron chi connectivity index (χ3n) is 4.59. The van der Waals surface area contributed by atoms with Crippen LogP contribution in [0.1, 0.15) is 10.4 Å². The number of nitrogens with zero attached hydrogens (tertiary/aromatic N) is 4. The molecule has 2 amide bonds. The van der Waals surface area contributed by atoms with Gasteiger partial charge in [-0.3, -0.25) is 9.59 Å². The lowest BCUT2D eigenvalue weighted by Crippen LogP contribution is -2.33. The zero-order chi connectivity index (χ0) is 22.0. The van der Waals surface area contributed by atoms with Gasteiger partial charge in [0.25, 0.3) is 11.8 Å². The van der Waals surface area contributed by atoms with Gasteiger partial charge in [0.05, 0.1) is 11.9 Å². The summed E-state index contributed by atoms with van der Waals surface area (Å²) in [6, 6.07) is 12.5. The van der Waals surface area contributed by atoms with Crippen molar-refractivity contribution in [2.45, 2.75) is 0 Å². The Hall–Kier alpha value is -3.66. The Kier molecular flexibility index (Phi) is 5.72. The van der Waals surface area contributed by atoms with Gasteiger partial charge in [0.2, 0.25) is 5.88 Å². The van der Waals surface area contributed by atoms with Crippen molar-refractivity contribution in [2.24, 2.45) is 0 Å². The molecule has 0 saturated carbocycles. The highest BCUT2D eigenvalue weighted by atomic mass is 32.2. The van der Waals surface area contributed by atoms with E-state index >= 15 is 0 Å². The van der Waals surface area contributed by atoms with Gasteiger partial charge in [0, 0.05) is 31.4 Å². The van der Waals surface area contributed by atoms with Gasteiger partial charge in [-0.15, -0.1) is 3.89 Å². The molecule has 0 fully saturated rings. The molecular formula is C21H18FN5O3S. The molecule has 0 radical (unpaired) electrons. The van der Waals surface area contributed by atoms with Crippen molar-refractivity contribution in [3.8, 4) is 17.0 Å². The number of aromatic nitrogens is 2. The summed E-state index contributed by atoms with van der Waals surface area (Å²) >= 11 is -0.188. The van der Waals surface area contributed by atoms with Crippen molar-refractivity contribution in [1.29, 1.82) is 0 Å². The highest BCUT2D eigenvalue weighted by molar-refractivity contribution is 7.96. The Morgan fingerprint density at radius 3 is 2.52 bits per heavy atom. The molecule has 0 atom stereocenters. The molecule has 1 N–H and O–H groups in total. The van der Waals surface area contributed by atoms with Crippen LogP contribution < -0.4 is 14.4 Å². The number of fused-ring (bicyclic) bond motifs is 1. The van der Waals surface area contributed by atoms with Crippen LogP contribution in [0.3, 0.4) is 0 Å². The maximum atomic E-state index is 13.2. The number of rotatable bonds is 5. The quantitative estimate of drug-likeness (QED) is 0.604. The lowest BCUT2D eigenvalue weighted by molar-refractivity contribution is -0.120. The summed E-state index contributed by atoms with van der Waals surface area (Å²) < 4.78 is 19.3. The van der Waals surface area contributed by atoms with Gasteiger partial charge in [0.1, 0.15) is 11.5 Å². The molecule has 0 spiro atoms. The molecule has 1 aliphatic rings. The molecule has 4 rings (SSSR count). The predicted molar refractivity (Wildman–Crippen MR) is 117 cm³/mol. The first-order chi connectivity index (χ1) is 15.0. The fourth-order valence-electron chi connectivity index (χ4n) is 3.01. The van der Waals surface area contributed by atoms with E-state index in [0.29, 0.717) is 17.1 Å². The molecule has 8 nitrogen and oxygen atoms in total. The van der Waals surface area contributed by atoms with Crippen LogP contribution >= 0.6 is 12.3 Å². The van der Waals surface area contributed by atoms with E-state index in [1.54, 1.807) is 44.6 Å². The maximum Gasteiger partial charge on any atom is 0.277 e. The molecular weight excluding hydrogens is 421 g/mol. The molecule has 158 valence electrons. The third-order valence-corrected chi connectivity index (χ3v) is 5.12. The molecule has 0 aliphatic carbocycles. The largest absolute Gasteiger partial charge is 0.466 e. The molecule has 10 heteroatoms. The molecule has 3 heterocycles. The van der Waals surface area contributed by atoms with Crippen LogP contribution in [0.5, 0.6) is 5.88 Å². The number of anilines is 3. The van der Waals surface area contributed by atoms with E-state index in [1.165, 1.54) is 11.1 Å². The molecule has 0 bridgehead atoms. The van der Waals surface area contributed by atoms with E-state index in [9.17, 15) is 13.5 Å². The number of amides is 2. The number of nitrogens with one attached hydrogen (secondary N) is 1. The topological polar surface area (TPSA) is 87.7 Å². The Balaban J connectivity index is 1.50. The van der Waals surface area contributed by atoms with Crippen LogP contribution in [0.25, 0.3) is 11.1 Å². The van der Waals surface area contributed by atoms with E-state index in [-0.39, 0.29) is 36.4 Å². The van der Waals surface area contributed by atoms with Gasteiger partial charge in [0.15, 0.2) is 18.9 Å². The SMILES string of the molecule is CN(C)C(=O)c1ccc(-c2ccc(Nc3cnc4c(c3)N(SF)C(=O)CO4)nc2)cc1. The average Bonchev–Trinajstić information content (AvgIpc) is 2.79. The van der Waals surface area contributed by atoms with E-state index in [0.717, 1.165) is 15.4 Å². The third kappa shape index (κ3) is 4.29.